The number of ketones is 1. The largest absolute Gasteiger partial charge is 0.497 e. The highest BCUT2D eigenvalue weighted by atomic mass is 35.5. The van der Waals surface area contributed by atoms with Gasteiger partial charge in [0.25, 0.3) is 0 Å². The number of H-pyrrole nitrogens is 1. The van der Waals surface area contributed by atoms with Gasteiger partial charge in [-0.2, -0.15) is 0 Å². The third-order valence-corrected chi connectivity index (χ3v) is 6.84. The second-order valence-electron chi connectivity index (χ2n) is 8.00. The number of halogens is 1. The molecule has 0 saturated heterocycles. The quantitative estimate of drug-likeness (QED) is 0.166. The highest BCUT2D eigenvalue weighted by Crippen LogP contribution is 2.37. The summed E-state index contributed by atoms with van der Waals surface area (Å²) in [7, 11) is 4.82. The van der Waals surface area contributed by atoms with E-state index in [1.807, 2.05) is 63.4 Å². The van der Waals surface area contributed by atoms with Crippen molar-refractivity contribution < 1.29 is 19.0 Å². The average Bonchev–Trinajstić information content (AvgIpc) is 3.34. The minimum atomic E-state index is -0.745. The first-order chi connectivity index (χ1) is 17.9. The van der Waals surface area contributed by atoms with Gasteiger partial charge in [0.1, 0.15) is 23.3 Å². The number of aromatic amines is 1. The van der Waals surface area contributed by atoms with Crippen LogP contribution in [0.2, 0.25) is 5.02 Å². The van der Waals surface area contributed by atoms with Gasteiger partial charge in [-0.15, -0.1) is 11.8 Å². The zero-order valence-electron chi connectivity index (χ0n) is 22.2. The molecule has 1 aromatic heterocycles. The maximum Gasteiger partial charge on any atom is 0.191 e. The van der Waals surface area contributed by atoms with E-state index in [9.17, 15) is 4.79 Å². The van der Waals surface area contributed by atoms with Gasteiger partial charge in [0.15, 0.2) is 5.78 Å². The normalized spacial score (nSPS) is 11.4. The van der Waals surface area contributed by atoms with Crippen LogP contribution in [-0.2, 0) is 0 Å². The van der Waals surface area contributed by atoms with Crippen molar-refractivity contribution in [1.82, 2.24) is 4.98 Å². The maximum atomic E-state index is 14.1. The average molecular weight is 541 g/mol. The molecule has 0 bridgehead atoms. The third kappa shape index (κ3) is 6.17. The highest BCUT2D eigenvalue weighted by Gasteiger charge is 2.28. The lowest BCUT2D eigenvalue weighted by atomic mass is 9.95. The number of methoxy groups -OCH3 is 3. The lowest BCUT2D eigenvalue weighted by Crippen LogP contribution is -2.22. The summed E-state index contributed by atoms with van der Waals surface area (Å²) in [6.45, 7) is 5.96. The summed E-state index contributed by atoms with van der Waals surface area (Å²) >= 11 is 7.82. The summed E-state index contributed by atoms with van der Waals surface area (Å²) in [6.07, 6.45) is 3.73. The summed E-state index contributed by atoms with van der Waals surface area (Å²) in [5.74, 6) is 1.86. The summed E-state index contributed by atoms with van der Waals surface area (Å²) in [5.41, 5.74) is 3.76. The molecule has 2 N–H and O–H groups in total. The zero-order chi connectivity index (χ0) is 27.1. The molecule has 0 aliphatic rings. The van der Waals surface area contributed by atoms with Gasteiger partial charge in [-0.3, -0.25) is 4.79 Å². The summed E-state index contributed by atoms with van der Waals surface area (Å²) in [5, 5.41) is 4.77. The second-order valence-corrected chi connectivity index (χ2v) is 9.32. The van der Waals surface area contributed by atoms with Gasteiger partial charge in [0.2, 0.25) is 0 Å². The van der Waals surface area contributed by atoms with Crippen LogP contribution in [0.5, 0.6) is 17.2 Å². The minimum Gasteiger partial charge on any atom is -0.497 e. The molecule has 1 atom stereocenters. The van der Waals surface area contributed by atoms with Crippen LogP contribution in [0.25, 0.3) is 10.9 Å². The van der Waals surface area contributed by atoms with Gasteiger partial charge in [0.05, 0.1) is 21.3 Å². The van der Waals surface area contributed by atoms with E-state index in [0.717, 1.165) is 32.8 Å². The van der Waals surface area contributed by atoms with Gasteiger partial charge in [-0.05, 0) is 49.1 Å². The number of rotatable bonds is 9. The van der Waals surface area contributed by atoms with E-state index in [0.29, 0.717) is 27.6 Å². The first kappa shape index (κ1) is 28.3. The van der Waals surface area contributed by atoms with Gasteiger partial charge in [0, 0.05) is 56.0 Å². The number of hydrogen-bond donors (Lipinski definition) is 2. The standard InChI is InChI=1S/C27H27ClN2O4S.C2H6/c1-15-8-21-22(14-29-23(21)13-24(15)33-3)27(31)26(20-7-6-16(28)9-25(20)34-4)30-17-10-18(32-2)12-19(11-17)35-5;1-2/h6-14,26,29-30H,1-5H3;1-2H3. The van der Waals surface area contributed by atoms with Crippen molar-refractivity contribution >= 4 is 45.7 Å². The van der Waals surface area contributed by atoms with E-state index in [1.54, 1.807) is 51.4 Å². The molecule has 8 heteroatoms. The lowest BCUT2D eigenvalue weighted by molar-refractivity contribution is 0.0970. The Hall–Kier alpha value is -3.29. The van der Waals surface area contributed by atoms with Crippen molar-refractivity contribution in [2.75, 3.05) is 32.9 Å². The van der Waals surface area contributed by atoms with Crippen molar-refractivity contribution in [3.05, 3.63) is 76.4 Å². The van der Waals surface area contributed by atoms with Crippen LogP contribution >= 0.6 is 23.4 Å². The molecule has 1 unspecified atom stereocenters. The van der Waals surface area contributed by atoms with E-state index in [-0.39, 0.29) is 5.78 Å². The Kier molecular flexibility index (Phi) is 9.78. The Labute approximate surface area is 227 Å². The van der Waals surface area contributed by atoms with Crippen molar-refractivity contribution in [3.8, 4) is 17.2 Å². The van der Waals surface area contributed by atoms with Gasteiger partial charge >= 0.3 is 0 Å². The molecular formula is C29H33ClN2O4S. The predicted molar refractivity (Wildman–Crippen MR) is 154 cm³/mol. The molecule has 4 rings (SSSR count). The fourth-order valence-electron chi connectivity index (χ4n) is 4.10. The minimum absolute atomic E-state index is 0.116. The van der Waals surface area contributed by atoms with Crippen LogP contribution in [-0.4, -0.2) is 38.4 Å². The van der Waals surface area contributed by atoms with Gasteiger partial charge < -0.3 is 24.5 Å². The smallest absolute Gasteiger partial charge is 0.191 e. The van der Waals surface area contributed by atoms with Crippen LogP contribution in [0.4, 0.5) is 5.69 Å². The second kappa shape index (κ2) is 12.8. The number of ether oxygens (including phenoxy) is 3. The molecule has 0 fully saturated rings. The van der Waals surface area contributed by atoms with Gasteiger partial charge in [-0.1, -0.05) is 31.5 Å². The van der Waals surface area contributed by atoms with Crippen molar-refractivity contribution in [3.63, 3.8) is 0 Å². The Bertz CT molecular complexity index is 1360. The molecule has 6 nitrogen and oxygen atoms in total. The molecule has 0 spiro atoms. The Morgan fingerprint density at radius 1 is 0.973 bits per heavy atom. The predicted octanol–water partition coefficient (Wildman–Crippen LogP) is 7.94. The molecule has 0 radical (unpaired) electrons. The number of aromatic nitrogens is 1. The molecule has 4 aromatic rings. The van der Waals surface area contributed by atoms with Crippen LogP contribution in [0.15, 0.2) is 59.6 Å². The first-order valence-electron chi connectivity index (χ1n) is 11.9. The molecular weight excluding hydrogens is 508 g/mol. The van der Waals surface area contributed by atoms with Crippen molar-refractivity contribution in [2.24, 2.45) is 0 Å². The SMILES string of the molecule is CC.COc1cc(NC(C(=O)c2c[nH]c3cc(OC)c(C)cc23)c2ccc(Cl)cc2OC)cc(SC)c1. The number of fused-ring (bicyclic) bond motifs is 1. The van der Waals surface area contributed by atoms with E-state index >= 15 is 0 Å². The first-order valence-corrected chi connectivity index (χ1v) is 13.5. The number of aryl methyl sites for hydroxylation is 1. The molecule has 0 aliphatic carbocycles. The third-order valence-electron chi connectivity index (χ3n) is 5.89. The molecule has 0 aliphatic heterocycles. The summed E-state index contributed by atoms with van der Waals surface area (Å²) in [4.78, 5) is 18.3. The molecule has 37 heavy (non-hydrogen) atoms. The lowest BCUT2D eigenvalue weighted by Gasteiger charge is -2.22. The van der Waals surface area contributed by atoms with E-state index < -0.39 is 6.04 Å². The Morgan fingerprint density at radius 2 is 1.70 bits per heavy atom. The monoisotopic (exact) mass is 540 g/mol. The van der Waals surface area contributed by atoms with Crippen molar-refractivity contribution in [1.29, 1.82) is 0 Å². The number of anilines is 1. The summed E-state index contributed by atoms with van der Waals surface area (Å²) < 4.78 is 16.5. The number of carbonyl (C=O) groups excluding carboxylic acids is 1. The Morgan fingerprint density at radius 3 is 2.35 bits per heavy atom. The fraction of sp³-hybridized carbons (Fsp3) is 0.276. The van der Waals surface area contributed by atoms with Crippen molar-refractivity contribution in [2.45, 2.75) is 31.7 Å². The van der Waals surface area contributed by atoms with Crippen LogP contribution in [0.3, 0.4) is 0 Å². The van der Waals surface area contributed by atoms with Gasteiger partial charge in [-0.25, -0.2) is 0 Å². The van der Waals surface area contributed by atoms with Crippen LogP contribution in [0, 0.1) is 6.92 Å². The topological polar surface area (TPSA) is 72.6 Å². The molecule has 0 amide bonds. The number of hydrogen-bond acceptors (Lipinski definition) is 6. The number of benzene rings is 3. The maximum absolute atomic E-state index is 14.1. The number of carbonyl (C=O) groups is 1. The number of nitrogens with one attached hydrogen (secondary N) is 2. The fourth-order valence-corrected chi connectivity index (χ4v) is 4.74. The highest BCUT2D eigenvalue weighted by molar-refractivity contribution is 7.98. The number of Topliss-reactive ketones (excluding diaryl/α,β-unsaturated/α-hetero) is 1. The molecule has 196 valence electrons. The van der Waals surface area contributed by atoms with Crippen LogP contribution < -0.4 is 19.5 Å². The van der Waals surface area contributed by atoms with E-state index in [2.05, 4.69) is 10.3 Å². The Balaban J connectivity index is 0.00000186. The number of thioether (sulfide) groups is 1. The molecule has 1 heterocycles. The molecule has 0 saturated carbocycles. The van der Waals surface area contributed by atoms with E-state index in [4.69, 9.17) is 25.8 Å². The zero-order valence-corrected chi connectivity index (χ0v) is 23.8. The van der Waals surface area contributed by atoms with E-state index in [1.165, 1.54) is 0 Å². The van der Waals surface area contributed by atoms with Crippen LogP contribution in [0.1, 0.15) is 41.4 Å². The molecule has 3 aromatic carbocycles. The summed E-state index contributed by atoms with van der Waals surface area (Å²) in [6, 6.07) is 14.2.